The number of carbonyl (C=O) groups is 1. The molecular weight excluding hydrogens is 223 g/mol. The first kappa shape index (κ1) is 11.4. The Labute approximate surface area is 97.8 Å². The lowest BCUT2D eigenvalue weighted by Crippen LogP contribution is -2.06. The molecule has 1 aromatic carbocycles. The van der Waals surface area contributed by atoms with Crippen molar-refractivity contribution in [3.05, 3.63) is 59.3 Å². The summed E-state index contributed by atoms with van der Waals surface area (Å²) in [7, 11) is 0. The SMILES string of the molecule is Cc1occc1C(=O)OCc1ccccc1F. The van der Waals surface area contributed by atoms with E-state index >= 15 is 0 Å². The van der Waals surface area contributed by atoms with Crippen LogP contribution >= 0.6 is 0 Å². The van der Waals surface area contributed by atoms with Gasteiger partial charge in [-0.2, -0.15) is 0 Å². The molecule has 3 nitrogen and oxygen atoms in total. The van der Waals surface area contributed by atoms with Gasteiger partial charge in [0, 0.05) is 5.56 Å². The van der Waals surface area contributed by atoms with E-state index in [0.717, 1.165) is 0 Å². The van der Waals surface area contributed by atoms with Crippen LogP contribution in [0.2, 0.25) is 0 Å². The molecular formula is C13H11FO3. The summed E-state index contributed by atoms with van der Waals surface area (Å²) >= 11 is 0. The quantitative estimate of drug-likeness (QED) is 0.766. The Bertz CT molecular complexity index is 531. The zero-order valence-electron chi connectivity index (χ0n) is 9.27. The molecule has 1 heterocycles. The zero-order chi connectivity index (χ0) is 12.3. The number of furan rings is 1. The maximum absolute atomic E-state index is 13.3. The number of benzene rings is 1. The number of hydrogen-bond acceptors (Lipinski definition) is 3. The normalized spacial score (nSPS) is 10.2. The average Bonchev–Trinajstić information content (AvgIpc) is 2.74. The van der Waals surface area contributed by atoms with Gasteiger partial charge in [-0.15, -0.1) is 0 Å². The van der Waals surface area contributed by atoms with E-state index in [1.165, 1.54) is 18.4 Å². The average molecular weight is 234 g/mol. The molecule has 0 N–H and O–H groups in total. The highest BCUT2D eigenvalue weighted by atomic mass is 19.1. The van der Waals surface area contributed by atoms with Crippen LogP contribution in [-0.4, -0.2) is 5.97 Å². The minimum absolute atomic E-state index is 0.0872. The highest BCUT2D eigenvalue weighted by molar-refractivity contribution is 5.90. The number of esters is 1. The molecule has 0 spiro atoms. The van der Waals surface area contributed by atoms with Crippen LogP contribution in [0.3, 0.4) is 0 Å². The molecule has 0 bridgehead atoms. The van der Waals surface area contributed by atoms with E-state index in [-0.39, 0.29) is 12.4 Å². The van der Waals surface area contributed by atoms with E-state index in [0.29, 0.717) is 16.9 Å². The predicted octanol–water partition coefficient (Wildman–Crippen LogP) is 3.08. The van der Waals surface area contributed by atoms with Crippen molar-refractivity contribution in [1.29, 1.82) is 0 Å². The van der Waals surface area contributed by atoms with E-state index in [9.17, 15) is 9.18 Å². The molecule has 2 rings (SSSR count). The van der Waals surface area contributed by atoms with Crippen molar-refractivity contribution in [2.75, 3.05) is 0 Å². The maximum atomic E-state index is 13.3. The van der Waals surface area contributed by atoms with Gasteiger partial charge >= 0.3 is 5.97 Å². The maximum Gasteiger partial charge on any atom is 0.342 e. The van der Waals surface area contributed by atoms with Crippen LogP contribution in [0, 0.1) is 12.7 Å². The van der Waals surface area contributed by atoms with Crippen LogP contribution < -0.4 is 0 Å². The van der Waals surface area contributed by atoms with Crippen LogP contribution in [0.1, 0.15) is 21.7 Å². The van der Waals surface area contributed by atoms with Crippen LogP contribution in [0.5, 0.6) is 0 Å². The summed E-state index contributed by atoms with van der Waals surface area (Å²) in [6.07, 6.45) is 1.41. The minimum atomic E-state index is -0.514. The lowest BCUT2D eigenvalue weighted by atomic mass is 10.2. The summed E-state index contributed by atoms with van der Waals surface area (Å²) in [5.41, 5.74) is 0.711. The standard InChI is InChI=1S/C13H11FO3/c1-9-11(6-7-16-9)13(15)17-8-10-4-2-3-5-12(10)14/h2-7H,8H2,1H3. The van der Waals surface area contributed by atoms with Gasteiger partial charge < -0.3 is 9.15 Å². The van der Waals surface area contributed by atoms with Crippen molar-refractivity contribution in [1.82, 2.24) is 0 Å². The van der Waals surface area contributed by atoms with Crippen molar-refractivity contribution < 1.29 is 18.3 Å². The summed E-state index contributed by atoms with van der Waals surface area (Å²) < 4.78 is 23.2. The molecule has 17 heavy (non-hydrogen) atoms. The van der Waals surface area contributed by atoms with Gasteiger partial charge in [-0.3, -0.25) is 0 Å². The van der Waals surface area contributed by atoms with Crippen molar-refractivity contribution >= 4 is 5.97 Å². The largest absolute Gasteiger partial charge is 0.469 e. The molecule has 0 unspecified atom stereocenters. The van der Waals surface area contributed by atoms with Gasteiger partial charge in [0.2, 0.25) is 0 Å². The lowest BCUT2D eigenvalue weighted by Gasteiger charge is -2.04. The second-order valence-corrected chi connectivity index (χ2v) is 3.56. The van der Waals surface area contributed by atoms with Crippen LogP contribution in [0.4, 0.5) is 4.39 Å². The molecule has 0 aliphatic carbocycles. The van der Waals surface area contributed by atoms with Crippen molar-refractivity contribution in [2.45, 2.75) is 13.5 Å². The zero-order valence-corrected chi connectivity index (χ0v) is 9.27. The number of rotatable bonds is 3. The van der Waals surface area contributed by atoms with Crippen LogP contribution in [-0.2, 0) is 11.3 Å². The van der Waals surface area contributed by atoms with E-state index in [4.69, 9.17) is 9.15 Å². The summed E-state index contributed by atoms with van der Waals surface area (Å²) in [6, 6.07) is 7.70. The molecule has 1 aromatic heterocycles. The Balaban J connectivity index is 2.02. The van der Waals surface area contributed by atoms with E-state index in [2.05, 4.69) is 0 Å². The van der Waals surface area contributed by atoms with Gasteiger partial charge in [0.05, 0.1) is 6.26 Å². The first-order valence-electron chi connectivity index (χ1n) is 5.13. The van der Waals surface area contributed by atoms with Gasteiger partial charge in [-0.05, 0) is 19.1 Å². The summed E-state index contributed by atoms with van der Waals surface area (Å²) in [4.78, 5) is 11.6. The Kier molecular flexibility index (Phi) is 3.23. The van der Waals surface area contributed by atoms with Crippen molar-refractivity contribution in [2.24, 2.45) is 0 Å². The second-order valence-electron chi connectivity index (χ2n) is 3.56. The molecule has 0 radical (unpaired) electrons. The number of halogens is 1. The Hall–Kier alpha value is -2.10. The van der Waals surface area contributed by atoms with Gasteiger partial charge in [0.15, 0.2) is 0 Å². The smallest absolute Gasteiger partial charge is 0.342 e. The van der Waals surface area contributed by atoms with E-state index in [1.54, 1.807) is 25.1 Å². The van der Waals surface area contributed by atoms with Crippen molar-refractivity contribution in [3.63, 3.8) is 0 Å². The molecule has 88 valence electrons. The molecule has 0 aliphatic heterocycles. The Morgan fingerprint density at radius 2 is 2.12 bits per heavy atom. The fourth-order valence-electron chi connectivity index (χ4n) is 1.43. The molecule has 0 amide bonds. The van der Waals surface area contributed by atoms with Crippen LogP contribution in [0.15, 0.2) is 41.0 Å². The minimum Gasteiger partial charge on any atom is -0.469 e. The first-order chi connectivity index (χ1) is 8.18. The van der Waals surface area contributed by atoms with Gasteiger partial charge in [-0.1, -0.05) is 18.2 Å². The topological polar surface area (TPSA) is 39.4 Å². The van der Waals surface area contributed by atoms with Gasteiger partial charge in [0.1, 0.15) is 23.7 Å². The predicted molar refractivity (Wildman–Crippen MR) is 59.0 cm³/mol. The fraction of sp³-hybridized carbons (Fsp3) is 0.154. The van der Waals surface area contributed by atoms with Gasteiger partial charge in [0.25, 0.3) is 0 Å². The monoisotopic (exact) mass is 234 g/mol. The summed E-state index contributed by atoms with van der Waals surface area (Å²) in [5, 5.41) is 0. The Morgan fingerprint density at radius 3 is 2.76 bits per heavy atom. The fourth-order valence-corrected chi connectivity index (χ4v) is 1.43. The lowest BCUT2D eigenvalue weighted by molar-refractivity contribution is 0.0467. The first-order valence-corrected chi connectivity index (χ1v) is 5.13. The summed E-state index contributed by atoms with van der Waals surface area (Å²) in [5.74, 6) is -0.410. The highest BCUT2D eigenvalue weighted by Crippen LogP contribution is 2.13. The molecule has 0 saturated carbocycles. The number of ether oxygens (including phenoxy) is 1. The van der Waals surface area contributed by atoms with E-state index < -0.39 is 5.97 Å². The Morgan fingerprint density at radius 1 is 1.35 bits per heavy atom. The van der Waals surface area contributed by atoms with Crippen LogP contribution in [0.25, 0.3) is 0 Å². The third-order valence-electron chi connectivity index (χ3n) is 2.40. The van der Waals surface area contributed by atoms with E-state index in [1.807, 2.05) is 0 Å². The molecule has 4 heteroatoms. The number of carbonyl (C=O) groups excluding carboxylic acids is 1. The second kappa shape index (κ2) is 4.82. The molecule has 0 saturated heterocycles. The van der Waals surface area contributed by atoms with Crippen molar-refractivity contribution in [3.8, 4) is 0 Å². The third-order valence-corrected chi connectivity index (χ3v) is 2.40. The molecule has 2 aromatic rings. The molecule has 0 atom stereocenters. The number of aryl methyl sites for hydroxylation is 1. The van der Waals surface area contributed by atoms with Gasteiger partial charge in [-0.25, -0.2) is 9.18 Å². The molecule has 0 aliphatic rings. The number of hydrogen-bond donors (Lipinski definition) is 0. The molecule has 0 fully saturated rings. The summed E-state index contributed by atoms with van der Waals surface area (Å²) in [6.45, 7) is 1.58. The highest BCUT2D eigenvalue weighted by Gasteiger charge is 2.13. The third kappa shape index (κ3) is 2.53.